The first-order valence-corrected chi connectivity index (χ1v) is 6.77. The summed E-state index contributed by atoms with van der Waals surface area (Å²) in [4.78, 5) is 0. The molecule has 0 saturated carbocycles. The number of ether oxygens (including phenoxy) is 2. The molecule has 1 aliphatic heterocycles. The fourth-order valence-electron chi connectivity index (χ4n) is 1.93. The molecule has 0 aromatic heterocycles. The largest absolute Gasteiger partial charge is 0.454 e. The number of rotatable bonds is 3. The van der Waals surface area contributed by atoms with E-state index < -0.39 is 0 Å². The zero-order valence-electron chi connectivity index (χ0n) is 11.1. The van der Waals surface area contributed by atoms with E-state index in [1.165, 1.54) is 0 Å². The van der Waals surface area contributed by atoms with Gasteiger partial charge in [0.05, 0.1) is 0 Å². The Morgan fingerprint density at radius 2 is 1.86 bits per heavy atom. The smallest absolute Gasteiger partial charge is 0.231 e. The maximum absolute atomic E-state index is 7.90. The highest BCUT2D eigenvalue weighted by Gasteiger charge is 2.12. The van der Waals surface area contributed by atoms with E-state index in [2.05, 4.69) is 5.32 Å². The van der Waals surface area contributed by atoms with Crippen LogP contribution < -0.4 is 14.8 Å². The lowest BCUT2D eigenvalue weighted by atomic mass is 10.2. The molecule has 0 aliphatic carbocycles. The van der Waals surface area contributed by atoms with E-state index >= 15 is 0 Å². The van der Waals surface area contributed by atoms with E-state index in [-0.39, 0.29) is 12.6 Å². The Morgan fingerprint density at radius 3 is 2.67 bits per heavy atom. The van der Waals surface area contributed by atoms with Crippen molar-refractivity contribution in [2.45, 2.75) is 0 Å². The predicted molar refractivity (Wildman–Crippen MR) is 84.4 cm³/mol. The van der Waals surface area contributed by atoms with Gasteiger partial charge in [0.25, 0.3) is 0 Å². The highest BCUT2D eigenvalue weighted by atomic mass is 35.5. The van der Waals surface area contributed by atoms with E-state index in [1.54, 1.807) is 18.2 Å². The van der Waals surface area contributed by atoms with Crippen LogP contribution in [0.25, 0.3) is 6.08 Å². The molecule has 106 valence electrons. The highest BCUT2D eigenvalue weighted by molar-refractivity contribution is 6.30. The van der Waals surface area contributed by atoms with Gasteiger partial charge in [-0.3, -0.25) is 5.41 Å². The summed E-state index contributed by atoms with van der Waals surface area (Å²) in [6, 6.07) is 12.9. The average Bonchev–Trinajstić information content (AvgIpc) is 2.95. The van der Waals surface area contributed by atoms with Gasteiger partial charge in [0.15, 0.2) is 11.5 Å². The molecule has 0 unspecified atom stereocenters. The summed E-state index contributed by atoms with van der Waals surface area (Å²) in [5.74, 6) is 1.77. The van der Waals surface area contributed by atoms with Crippen molar-refractivity contribution in [3.05, 3.63) is 59.1 Å². The first-order valence-electron chi connectivity index (χ1n) is 6.39. The molecule has 2 aromatic carbocycles. The molecular formula is C16H13ClN2O2. The minimum Gasteiger partial charge on any atom is -0.454 e. The van der Waals surface area contributed by atoms with Crippen molar-refractivity contribution in [1.82, 2.24) is 0 Å². The zero-order chi connectivity index (χ0) is 14.7. The Balaban J connectivity index is 1.65. The summed E-state index contributed by atoms with van der Waals surface area (Å²) < 4.78 is 10.6. The van der Waals surface area contributed by atoms with E-state index in [1.807, 2.05) is 36.4 Å². The molecule has 21 heavy (non-hydrogen) atoms. The SMILES string of the molecule is N=C(/C=C/c1ccc2c(c1)OCO2)Nc1ccc(Cl)cc1. The van der Waals surface area contributed by atoms with E-state index in [0.29, 0.717) is 5.02 Å². The number of halogens is 1. The van der Waals surface area contributed by atoms with Gasteiger partial charge >= 0.3 is 0 Å². The molecule has 2 aromatic rings. The minimum absolute atomic E-state index is 0.260. The third kappa shape index (κ3) is 3.35. The Morgan fingerprint density at radius 1 is 1.10 bits per heavy atom. The number of nitrogens with one attached hydrogen (secondary N) is 2. The van der Waals surface area contributed by atoms with Gasteiger partial charge in [0.2, 0.25) is 6.79 Å². The van der Waals surface area contributed by atoms with Crippen molar-refractivity contribution in [3.8, 4) is 11.5 Å². The molecule has 1 aliphatic rings. The van der Waals surface area contributed by atoms with Gasteiger partial charge in [0.1, 0.15) is 5.84 Å². The molecule has 0 spiro atoms. The third-order valence-electron chi connectivity index (χ3n) is 2.96. The Bertz CT molecular complexity index is 696. The van der Waals surface area contributed by atoms with Crippen LogP contribution in [0.4, 0.5) is 5.69 Å². The molecule has 5 heteroatoms. The van der Waals surface area contributed by atoms with Crippen molar-refractivity contribution in [1.29, 1.82) is 5.41 Å². The number of fused-ring (bicyclic) bond motifs is 1. The zero-order valence-corrected chi connectivity index (χ0v) is 11.9. The summed E-state index contributed by atoms with van der Waals surface area (Å²) in [5.41, 5.74) is 1.77. The number of hydrogen-bond donors (Lipinski definition) is 2. The quantitative estimate of drug-likeness (QED) is 0.660. The lowest BCUT2D eigenvalue weighted by Crippen LogP contribution is -2.06. The number of amidine groups is 1. The summed E-state index contributed by atoms with van der Waals surface area (Å²) >= 11 is 5.82. The maximum Gasteiger partial charge on any atom is 0.231 e. The second-order valence-electron chi connectivity index (χ2n) is 4.49. The summed E-state index contributed by atoms with van der Waals surface area (Å²) in [6.45, 7) is 0.260. The van der Waals surface area contributed by atoms with Crippen molar-refractivity contribution >= 4 is 29.2 Å². The second kappa shape index (κ2) is 5.89. The Kier molecular flexibility index (Phi) is 3.79. The summed E-state index contributed by atoms with van der Waals surface area (Å²) in [7, 11) is 0. The number of benzene rings is 2. The van der Waals surface area contributed by atoms with Crippen LogP contribution in [0.15, 0.2) is 48.5 Å². The topological polar surface area (TPSA) is 54.3 Å². The molecule has 3 rings (SSSR count). The summed E-state index contributed by atoms with van der Waals surface area (Å²) in [6.07, 6.45) is 3.53. The molecule has 1 heterocycles. The Hall–Kier alpha value is -2.46. The third-order valence-corrected chi connectivity index (χ3v) is 3.21. The minimum atomic E-state index is 0.260. The fourth-order valence-corrected chi connectivity index (χ4v) is 2.05. The lowest BCUT2D eigenvalue weighted by Gasteiger charge is -2.04. The lowest BCUT2D eigenvalue weighted by molar-refractivity contribution is 0.174. The first kappa shape index (κ1) is 13.5. The molecule has 2 N–H and O–H groups in total. The molecule has 0 fully saturated rings. The average molecular weight is 301 g/mol. The molecular weight excluding hydrogens is 288 g/mol. The van der Waals surface area contributed by atoms with Crippen LogP contribution in [-0.2, 0) is 0 Å². The molecule has 0 amide bonds. The molecule has 0 atom stereocenters. The van der Waals surface area contributed by atoms with Gasteiger partial charge in [-0.05, 0) is 48.0 Å². The van der Waals surface area contributed by atoms with Gasteiger partial charge in [-0.25, -0.2) is 0 Å². The number of anilines is 1. The molecule has 4 nitrogen and oxygen atoms in total. The van der Waals surface area contributed by atoms with Crippen LogP contribution in [0, 0.1) is 5.41 Å². The van der Waals surface area contributed by atoms with Crippen molar-refractivity contribution < 1.29 is 9.47 Å². The van der Waals surface area contributed by atoms with Crippen LogP contribution in [0.5, 0.6) is 11.5 Å². The van der Waals surface area contributed by atoms with Gasteiger partial charge in [-0.2, -0.15) is 0 Å². The molecule has 0 radical (unpaired) electrons. The predicted octanol–water partition coefficient (Wildman–Crippen LogP) is 4.17. The monoisotopic (exact) mass is 300 g/mol. The van der Waals surface area contributed by atoms with Crippen LogP contribution in [-0.4, -0.2) is 12.6 Å². The van der Waals surface area contributed by atoms with E-state index in [0.717, 1.165) is 22.7 Å². The van der Waals surface area contributed by atoms with Gasteiger partial charge in [0, 0.05) is 10.7 Å². The standard InChI is InChI=1S/C16H13ClN2O2/c17-12-3-5-13(6-4-12)19-16(18)8-2-11-1-7-14-15(9-11)21-10-20-14/h1-9H,10H2,(H2,18,19)/b8-2+. The normalized spacial score (nSPS) is 12.6. The first-order chi connectivity index (χ1) is 10.2. The van der Waals surface area contributed by atoms with E-state index in [9.17, 15) is 0 Å². The molecule has 0 saturated heterocycles. The second-order valence-corrected chi connectivity index (χ2v) is 4.93. The van der Waals surface area contributed by atoms with Crippen LogP contribution in [0.2, 0.25) is 5.02 Å². The van der Waals surface area contributed by atoms with E-state index in [4.69, 9.17) is 26.5 Å². The van der Waals surface area contributed by atoms with Crippen molar-refractivity contribution in [3.63, 3.8) is 0 Å². The highest BCUT2D eigenvalue weighted by Crippen LogP contribution is 2.32. The van der Waals surface area contributed by atoms with Crippen LogP contribution in [0.1, 0.15) is 5.56 Å². The van der Waals surface area contributed by atoms with Crippen LogP contribution in [0.3, 0.4) is 0 Å². The van der Waals surface area contributed by atoms with Gasteiger partial charge in [-0.15, -0.1) is 0 Å². The Labute approximate surface area is 127 Å². The van der Waals surface area contributed by atoms with Crippen molar-refractivity contribution in [2.75, 3.05) is 12.1 Å². The molecule has 0 bridgehead atoms. The van der Waals surface area contributed by atoms with Gasteiger partial charge < -0.3 is 14.8 Å². The maximum atomic E-state index is 7.90. The summed E-state index contributed by atoms with van der Waals surface area (Å²) in [5, 5.41) is 11.5. The van der Waals surface area contributed by atoms with Gasteiger partial charge in [-0.1, -0.05) is 23.7 Å². The van der Waals surface area contributed by atoms with Crippen LogP contribution >= 0.6 is 11.6 Å². The number of hydrogen-bond acceptors (Lipinski definition) is 3. The fraction of sp³-hybridized carbons (Fsp3) is 0.0625. The van der Waals surface area contributed by atoms with Crippen molar-refractivity contribution in [2.24, 2.45) is 0 Å².